The third kappa shape index (κ3) is 3.49. The first-order chi connectivity index (χ1) is 11.0. The summed E-state index contributed by atoms with van der Waals surface area (Å²) >= 11 is 7.34. The molecule has 3 rings (SSSR count). The minimum absolute atomic E-state index is 0.0748. The molecule has 5 heteroatoms. The quantitative estimate of drug-likeness (QED) is 0.622. The van der Waals surface area contributed by atoms with Gasteiger partial charge >= 0.3 is 0 Å². The molecule has 0 bridgehead atoms. The lowest BCUT2D eigenvalue weighted by Gasteiger charge is -2.14. The average Bonchev–Trinajstić information content (AvgIpc) is 2.55. The van der Waals surface area contributed by atoms with Crippen LogP contribution in [0.4, 0.5) is 11.4 Å². The van der Waals surface area contributed by atoms with Crippen molar-refractivity contribution in [3.63, 3.8) is 0 Å². The van der Waals surface area contributed by atoms with Gasteiger partial charge in [0, 0.05) is 36.4 Å². The van der Waals surface area contributed by atoms with E-state index in [0.717, 1.165) is 10.6 Å². The molecule has 0 fully saturated rings. The van der Waals surface area contributed by atoms with Gasteiger partial charge in [0.2, 0.25) is 0 Å². The van der Waals surface area contributed by atoms with Crippen molar-refractivity contribution in [2.24, 2.45) is 0 Å². The lowest BCUT2D eigenvalue weighted by molar-refractivity contribution is 0.476. The Balaban J connectivity index is 1.86. The number of rotatable bonds is 4. The number of anilines is 2. The van der Waals surface area contributed by atoms with Crippen molar-refractivity contribution in [2.75, 3.05) is 23.7 Å². The fourth-order valence-electron chi connectivity index (χ4n) is 2.30. The highest BCUT2D eigenvalue weighted by molar-refractivity contribution is 8.00. The summed E-state index contributed by atoms with van der Waals surface area (Å²) in [5.41, 5.74) is 1.98. The summed E-state index contributed by atoms with van der Waals surface area (Å²) in [6.07, 6.45) is 0. The standard InChI is InChI=1S/C18H17ClN2OS/c1-21(2)14-7-8-15-12(10-14)4-3-5-18(15)23-20-13-6-9-16(19)17(22)11-13/h3-11,20,22H,1-2H3. The minimum Gasteiger partial charge on any atom is -0.506 e. The Bertz CT molecular complexity index is 852. The highest BCUT2D eigenvalue weighted by Crippen LogP contribution is 2.33. The van der Waals surface area contributed by atoms with Gasteiger partial charge in [-0.15, -0.1) is 0 Å². The van der Waals surface area contributed by atoms with Crippen LogP contribution in [0, 0.1) is 0 Å². The maximum Gasteiger partial charge on any atom is 0.136 e. The van der Waals surface area contributed by atoms with Crippen molar-refractivity contribution in [2.45, 2.75) is 4.90 Å². The van der Waals surface area contributed by atoms with Gasteiger partial charge in [-0.05, 0) is 53.1 Å². The highest BCUT2D eigenvalue weighted by atomic mass is 35.5. The molecule has 0 amide bonds. The van der Waals surface area contributed by atoms with E-state index in [1.54, 1.807) is 12.1 Å². The van der Waals surface area contributed by atoms with Gasteiger partial charge in [-0.25, -0.2) is 0 Å². The lowest BCUT2D eigenvalue weighted by Crippen LogP contribution is -2.08. The number of nitrogens with one attached hydrogen (secondary N) is 1. The maximum atomic E-state index is 9.67. The Morgan fingerprint density at radius 2 is 1.87 bits per heavy atom. The molecule has 0 aliphatic carbocycles. The van der Waals surface area contributed by atoms with Crippen LogP contribution in [0.3, 0.4) is 0 Å². The van der Waals surface area contributed by atoms with Crippen LogP contribution in [-0.4, -0.2) is 19.2 Å². The van der Waals surface area contributed by atoms with Gasteiger partial charge in [-0.2, -0.15) is 0 Å². The van der Waals surface area contributed by atoms with Crippen LogP contribution in [-0.2, 0) is 0 Å². The van der Waals surface area contributed by atoms with Gasteiger partial charge in [0.15, 0.2) is 0 Å². The van der Waals surface area contributed by atoms with E-state index in [1.165, 1.54) is 28.4 Å². The molecule has 0 heterocycles. The van der Waals surface area contributed by atoms with Crippen molar-refractivity contribution < 1.29 is 5.11 Å². The van der Waals surface area contributed by atoms with Gasteiger partial charge in [0.25, 0.3) is 0 Å². The van der Waals surface area contributed by atoms with Gasteiger partial charge in [-0.3, -0.25) is 0 Å². The Labute approximate surface area is 145 Å². The van der Waals surface area contributed by atoms with Crippen LogP contribution in [0.25, 0.3) is 10.8 Å². The van der Waals surface area contributed by atoms with Gasteiger partial charge in [-0.1, -0.05) is 29.8 Å². The number of hydrogen-bond acceptors (Lipinski definition) is 4. The fourth-order valence-corrected chi connectivity index (χ4v) is 3.21. The predicted molar refractivity (Wildman–Crippen MR) is 101 cm³/mol. The number of phenols is 1. The van der Waals surface area contributed by atoms with Crippen molar-refractivity contribution in [1.29, 1.82) is 0 Å². The summed E-state index contributed by atoms with van der Waals surface area (Å²) in [6.45, 7) is 0. The number of fused-ring (bicyclic) bond motifs is 1. The zero-order valence-electron chi connectivity index (χ0n) is 12.9. The summed E-state index contributed by atoms with van der Waals surface area (Å²) in [5, 5.41) is 12.4. The van der Waals surface area contributed by atoms with Gasteiger partial charge in [0.05, 0.1) is 5.02 Å². The Morgan fingerprint density at radius 1 is 1.04 bits per heavy atom. The molecule has 0 aliphatic heterocycles. The highest BCUT2D eigenvalue weighted by Gasteiger charge is 2.05. The molecule has 3 aromatic carbocycles. The molecule has 0 radical (unpaired) electrons. The second-order valence-corrected chi connectivity index (χ2v) is 6.68. The number of halogens is 1. The summed E-state index contributed by atoms with van der Waals surface area (Å²) in [6, 6.07) is 17.8. The third-order valence-electron chi connectivity index (χ3n) is 3.57. The van der Waals surface area contributed by atoms with E-state index in [9.17, 15) is 5.11 Å². The first kappa shape index (κ1) is 15.8. The van der Waals surface area contributed by atoms with E-state index in [1.807, 2.05) is 26.2 Å². The van der Waals surface area contributed by atoms with Crippen molar-refractivity contribution in [3.8, 4) is 5.75 Å². The molecule has 0 aliphatic rings. The molecule has 3 aromatic rings. The smallest absolute Gasteiger partial charge is 0.136 e. The fraction of sp³-hybridized carbons (Fsp3) is 0.111. The maximum absolute atomic E-state index is 9.67. The van der Waals surface area contributed by atoms with E-state index in [0.29, 0.717) is 5.02 Å². The number of benzene rings is 3. The Kier molecular flexibility index (Phi) is 4.55. The summed E-state index contributed by atoms with van der Waals surface area (Å²) in [4.78, 5) is 3.22. The molecule has 0 unspecified atom stereocenters. The van der Waals surface area contributed by atoms with Crippen molar-refractivity contribution in [3.05, 3.63) is 59.6 Å². The Hall–Kier alpha value is -2.04. The number of hydrogen-bond donors (Lipinski definition) is 2. The number of nitrogens with zero attached hydrogens (tertiary/aromatic N) is 1. The van der Waals surface area contributed by atoms with Crippen LogP contribution in [0.1, 0.15) is 0 Å². The van der Waals surface area contributed by atoms with Gasteiger partial charge in [0.1, 0.15) is 5.75 Å². The lowest BCUT2D eigenvalue weighted by atomic mass is 10.1. The summed E-state index contributed by atoms with van der Waals surface area (Å²) in [7, 11) is 4.07. The first-order valence-corrected chi connectivity index (χ1v) is 8.35. The van der Waals surface area contributed by atoms with E-state index < -0.39 is 0 Å². The molecule has 0 atom stereocenters. The van der Waals surface area contributed by atoms with E-state index in [4.69, 9.17) is 11.6 Å². The SMILES string of the molecule is CN(C)c1ccc2c(SNc3ccc(Cl)c(O)c3)cccc2c1. The molecular formula is C18H17ClN2OS. The van der Waals surface area contributed by atoms with E-state index in [-0.39, 0.29) is 5.75 Å². The summed E-state index contributed by atoms with van der Waals surface area (Å²) in [5.74, 6) is 0.0748. The van der Waals surface area contributed by atoms with Crippen LogP contribution < -0.4 is 9.62 Å². The molecule has 0 aromatic heterocycles. The molecule has 0 spiro atoms. The van der Waals surface area contributed by atoms with Crippen LogP contribution >= 0.6 is 23.5 Å². The number of aromatic hydroxyl groups is 1. The molecule has 2 N–H and O–H groups in total. The molecule has 0 saturated carbocycles. The monoisotopic (exact) mass is 344 g/mol. The first-order valence-electron chi connectivity index (χ1n) is 7.16. The van der Waals surface area contributed by atoms with Crippen LogP contribution in [0.5, 0.6) is 5.75 Å². The largest absolute Gasteiger partial charge is 0.506 e. The van der Waals surface area contributed by atoms with Gasteiger partial charge < -0.3 is 14.7 Å². The number of phenolic OH excluding ortho intramolecular Hbond substituents is 1. The molecule has 118 valence electrons. The minimum atomic E-state index is 0.0748. The molecule has 0 saturated heterocycles. The molecule has 3 nitrogen and oxygen atoms in total. The second kappa shape index (κ2) is 6.60. The Morgan fingerprint density at radius 3 is 2.61 bits per heavy atom. The van der Waals surface area contributed by atoms with Crippen LogP contribution in [0.2, 0.25) is 5.02 Å². The molecular weight excluding hydrogens is 328 g/mol. The zero-order valence-corrected chi connectivity index (χ0v) is 14.4. The van der Waals surface area contributed by atoms with Crippen LogP contribution in [0.15, 0.2) is 59.5 Å². The predicted octanol–water partition coefficient (Wildman–Crippen LogP) is 5.38. The van der Waals surface area contributed by atoms with E-state index in [2.05, 4.69) is 40.0 Å². The van der Waals surface area contributed by atoms with Crippen molar-refractivity contribution in [1.82, 2.24) is 0 Å². The molecule has 23 heavy (non-hydrogen) atoms. The topological polar surface area (TPSA) is 35.5 Å². The normalized spacial score (nSPS) is 10.7. The van der Waals surface area contributed by atoms with E-state index >= 15 is 0 Å². The second-order valence-electron chi connectivity index (χ2n) is 5.43. The zero-order chi connectivity index (χ0) is 16.4. The summed E-state index contributed by atoms with van der Waals surface area (Å²) < 4.78 is 3.25. The van der Waals surface area contributed by atoms with Crippen molar-refractivity contribution >= 4 is 45.7 Å². The third-order valence-corrected chi connectivity index (χ3v) is 4.80. The average molecular weight is 345 g/mol.